The van der Waals surface area contributed by atoms with Gasteiger partial charge in [-0.1, -0.05) is 19.9 Å². The van der Waals surface area contributed by atoms with E-state index in [0.29, 0.717) is 42.0 Å². The van der Waals surface area contributed by atoms with E-state index in [2.05, 4.69) is 23.9 Å². The van der Waals surface area contributed by atoms with Crippen molar-refractivity contribution in [3.8, 4) is 11.5 Å². The molecule has 0 fully saturated rings. The van der Waals surface area contributed by atoms with E-state index in [1.54, 1.807) is 30.8 Å². The molecule has 0 unspecified atom stereocenters. The molecule has 2 rings (SSSR count). The monoisotopic (exact) mass is 389 g/mol. The number of methoxy groups -OCH3 is 2. The number of carbonyl (C=O) groups excluding carboxylic acids is 1. The maximum Gasteiger partial charge on any atom is 0.244 e. The molecule has 0 saturated carbocycles. The second-order valence-electron chi connectivity index (χ2n) is 7.37. The standard InChI is InChI=1S/C20H31N5O3/c1-13(2)11-24(4)19(26)12-25-20(14(3)21)22-18(23-25)10-15-7-8-16(27-5)17(9-15)28-6/h7-9,13-14H,10-12,21H2,1-6H3/t14-/m1/s1. The van der Waals surface area contributed by atoms with Crippen molar-refractivity contribution in [2.45, 2.75) is 39.8 Å². The SMILES string of the molecule is COc1ccc(Cc2nc([C@@H](C)N)n(CC(=O)N(C)CC(C)C)n2)cc1OC. The van der Waals surface area contributed by atoms with Crippen molar-refractivity contribution >= 4 is 5.91 Å². The third-order valence-corrected chi connectivity index (χ3v) is 4.31. The van der Waals surface area contributed by atoms with Crippen molar-refractivity contribution in [3.63, 3.8) is 0 Å². The third kappa shape index (κ3) is 5.45. The Balaban J connectivity index is 2.21. The van der Waals surface area contributed by atoms with Gasteiger partial charge in [0.25, 0.3) is 0 Å². The molecule has 1 amide bonds. The van der Waals surface area contributed by atoms with Crippen LogP contribution in [0.15, 0.2) is 18.2 Å². The van der Waals surface area contributed by atoms with Crippen LogP contribution >= 0.6 is 0 Å². The first-order valence-electron chi connectivity index (χ1n) is 9.39. The number of hydrogen-bond donors (Lipinski definition) is 1. The largest absolute Gasteiger partial charge is 0.493 e. The van der Waals surface area contributed by atoms with Gasteiger partial charge in [-0.3, -0.25) is 4.79 Å². The normalized spacial score (nSPS) is 12.1. The van der Waals surface area contributed by atoms with Gasteiger partial charge in [-0.05, 0) is 30.5 Å². The second kappa shape index (κ2) is 9.54. The van der Waals surface area contributed by atoms with Gasteiger partial charge in [0.15, 0.2) is 17.3 Å². The number of hydrogen-bond acceptors (Lipinski definition) is 6. The van der Waals surface area contributed by atoms with Crippen LogP contribution in [0.5, 0.6) is 11.5 Å². The number of rotatable bonds is 9. The van der Waals surface area contributed by atoms with Gasteiger partial charge in [0.1, 0.15) is 12.4 Å². The molecule has 1 aromatic heterocycles. The fourth-order valence-corrected chi connectivity index (χ4v) is 3.00. The van der Waals surface area contributed by atoms with E-state index in [4.69, 9.17) is 15.2 Å². The third-order valence-electron chi connectivity index (χ3n) is 4.31. The summed E-state index contributed by atoms with van der Waals surface area (Å²) in [5, 5.41) is 4.53. The molecule has 8 heteroatoms. The van der Waals surface area contributed by atoms with Gasteiger partial charge in [0.2, 0.25) is 5.91 Å². The van der Waals surface area contributed by atoms with E-state index in [1.165, 1.54) is 0 Å². The van der Waals surface area contributed by atoms with E-state index in [9.17, 15) is 4.79 Å². The Morgan fingerprint density at radius 3 is 2.46 bits per heavy atom. The minimum absolute atomic E-state index is 0.0156. The molecule has 0 saturated heterocycles. The molecule has 1 heterocycles. The van der Waals surface area contributed by atoms with Gasteiger partial charge >= 0.3 is 0 Å². The smallest absolute Gasteiger partial charge is 0.244 e. The summed E-state index contributed by atoms with van der Waals surface area (Å²) in [5.74, 6) is 2.91. The van der Waals surface area contributed by atoms with Crippen LogP contribution in [-0.4, -0.2) is 53.4 Å². The van der Waals surface area contributed by atoms with Crippen LogP contribution in [0.2, 0.25) is 0 Å². The maximum atomic E-state index is 12.5. The summed E-state index contributed by atoms with van der Waals surface area (Å²) in [7, 11) is 5.00. The molecular weight excluding hydrogens is 358 g/mol. The number of ether oxygens (including phenoxy) is 2. The Hall–Kier alpha value is -2.61. The van der Waals surface area contributed by atoms with Crippen molar-refractivity contribution < 1.29 is 14.3 Å². The van der Waals surface area contributed by atoms with Crippen molar-refractivity contribution in [3.05, 3.63) is 35.4 Å². The quantitative estimate of drug-likeness (QED) is 0.705. The first-order valence-corrected chi connectivity index (χ1v) is 9.39. The van der Waals surface area contributed by atoms with Crippen molar-refractivity contribution in [1.29, 1.82) is 0 Å². The Morgan fingerprint density at radius 2 is 1.89 bits per heavy atom. The minimum atomic E-state index is -0.324. The van der Waals surface area contributed by atoms with E-state index in [0.717, 1.165) is 5.56 Å². The van der Waals surface area contributed by atoms with Crippen LogP contribution in [0.4, 0.5) is 0 Å². The average molecular weight is 390 g/mol. The molecule has 0 aliphatic heterocycles. The predicted molar refractivity (Wildman–Crippen MR) is 107 cm³/mol. The fraction of sp³-hybridized carbons (Fsp3) is 0.550. The van der Waals surface area contributed by atoms with Crippen molar-refractivity contribution in [2.24, 2.45) is 11.7 Å². The number of aromatic nitrogens is 3. The highest BCUT2D eigenvalue weighted by atomic mass is 16.5. The number of amides is 1. The number of likely N-dealkylation sites (N-methyl/N-ethyl adjacent to an activating group) is 1. The zero-order chi connectivity index (χ0) is 20.8. The average Bonchev–Trinajstić information content (AvgIpc) is 3.03. The summed E-state index contributed by atoms with van der Waals surface area (Å²) in [6.45, 7) is 6.81. The molecule has 1 atom stereocenters. The van der Waals surface area contributed by atoms with Gasteiger partial charge < -0.3 is 20.1 Å². The van der Waals surface area contributed by atoms with E-state index < -0.39 is 0 Å². The number of carbonyl (C=O) groups is 1. The molecule has 0 aliphatic rings. The van der Waals surface area contributed by atoms with E-state index in [-0.39, 0.29) is 18.5 Å². The summed E-state index contributed by atoms with van der Waals surface area (Å²) in [4.78, 5) is 18.8. The predicted octanol–water partition coefficient (Wildman–Crippen LogP) is 2.02. The topological polar surface area (TPSA) is 95.5 Å². The van der Waals surface area contributed by atoms with E-state index >= 15 is 0 Å². The molecule has 2 N–H and O–H groups in total. The van der Waals surface area contributed by atoms with E-state index in [1.807, 2.05) is 25.1 Å². The molecule has 154 valence electrons. The Bertz CT molecular complexity index is 801. The molecule has 28 heavy (non-hydrogen) atoms. The zero-order valence-corrected chi connectivity index (χ0v) is 17.6. The Kier molecular flexibility index (Phi) is 7.39. The van der Waals surface area contributed by atoms with Gasteiger partial charge in [-0.15, -0.1) is 0 Å². The Morgan fingerprint density at radius 1 is 1.21 bits per heavy atom. The van der Waals surface area contributed by atoms with Crippen molar-refractivity contribution in [2.75, 3.05) is 27.8 Å². The number of nitrogens with zero attached hydrogens (tertiary/aromatic N) is 4. The maximum absolute atomic E-state index is 12.5. The van der Waals surface area contributed by atoms with Gasteiger partial charge in [0, 0.05) is 20.0 Å². The lowest BCUT2D eigenvalue weighted by molar-refractivity contribution is -0.131. The zero-order valence-electron chi connectivity index (χ0n) is 17.6. The fourth-order valence-electron chi connectivity index (χ4n) is 3.00. The van der Waals surface area contributed by atoms with Gasteiger partial charge in [-0.25, -0.2) is 9.67 Å². The van der Waals surface area contributed by atoms with Gasteiger partial charge in [-0.2, -0.15) is 5.10 Å². The summed E-state index contributed by atoms with van der Waals surface area (Å²) < 4.78 is 12.2. The van der Waals surface area contributed by atoms with Crippen LogP contribution in [0.3, 0.4) is 0 Å². The van der Waals surface area contributed by atoms with Crippen LogP contribution < -0.4 is 15.2 Å². The molecule has 8 nitrogen and oxygen atoms in total. The molecule has 0 aliphatic carbocycles. The van der Waals surface area contributed by atoms with Crippen LogP contribution in [0.1, 0.15) is 44.0 Å². The van der Waals surface area contributed by atoms with Crippen LogP contribution in [0, 0.1) is 5.92 Å². The minimum Gasteiger partial charge on any atom is -0.493 e. The van der Waals surface area contributed by atoms with Crippen molar-refractivity contribution in [1.82, 2.24) is 19.7 Å². The van der Waals surface area contributed by atoms with Crippen LogP contribution in [0.25, 0.3) is 0 Å². The highest BCUT2D eigenvalue weighted by Gasteiger charge is 2.19. The lowest BCUT2D eigenvalue weighted by Gasteiger charge is -2.19. The van der Waals surface area contributed by atoms with Crippen LogP contribution in [-0.2, 0) is 17.8 Å². The molecular formula is C20H31N5O3. The summed E-state index contributed by atoms with van der Waals surface area (Å²) >= 11 is 0. The first-order chi connectivity index (χ1) is 13.2. The van der Waals surface area contributed by atoms with Gasteiger partial charge in [0.05, 0.1) is 20.3 Å². The molecule has 2 aromatic rings. The molecule has 1 aromatic carbocycles. The molecule has 0 spiro atoms. The second-order valence-corrected chi connectivity index (χ2v) is 7.37. The highest BCUT2D eigenvalue weighted by Crippen LogP contribution is 2.28. The number of benzene rings is 1. The number of nitrogens with two attached hydrogens (primary N) is 1. The summed E-state index contributed by atoms with van der Waals surface area (Å²) in [5.41, 5.74) is 7.03. The first kappa shape index (κ1) is 21.7. The lowest BCUT2D eigenvalue weighted by atomic mass is 10.1. The molecule has 0 bridgehead atoms. The molecule has 0 radical (unpaired) electrons. The summed E-state index contributed by atoms with van der Waals surface area (Å²) in [6.07, 6.45) is 0.503. The summed E-state index contributed by atoms with van der Waals surface area (Å²) in [6, 6.07) is 5.36. The highest BCUT2D eigenvalue weighted by molar-refractivity contribution is 5.75. The Labute approximate surface area is 166 Å². The lowest BCUT2D eigenvalue weighted by Crippen LogP contribution is -2.34.